The molecule has 3 heteroatoms. The molecule has 0 atom stereocenters. The zero-order chi connectivity index (χ0) is 10.8. The average molecular weight is 245 g/mol. The van der Waals surface area contributed by atoms with E-state index in [0.29, 0.717) is 0 Å². The molecule has 0 unspecified atom stereocenters. The van der Waals surface area contributed by atoms with Gasteiger partial charge in [-0.05, 0) is 28.5 Å². The predicted octanol–water partition coefficient (Wildman–Crippen LogP) is 4.57. The molecule has 2 heterocycles. The van der Waals surface area contributed by atoms with Crippen LogP contribution in [-0.4, -0.2) is 0 Å². The topological polar surface area (TPSA) is 12.0 Å². The van der Waals surface area contributed by atoms with Crippen LogP contribution in [0.5, 0.6) is 0 Å². The first-order valence-corrected chi connectivity index (χ1v) is 6.97. The van der Waals surface area contributed by atoms with Gasteiger partial charge in [-0.1, -0.05) is 18.2 Å². The molecule has 3 aromatic rings. The van der Waals surface area contributed by atoms with Crippen molar-refractivity contribution in [3.8, 4) is 0 Å². The van der Waals surface area contributed by atoms with Gasteiger partial charge in [0.05, 0.1) is 5.69 Å². The van der Waals surface area contributed by atoms with Gasteiger partial charge in [-0.25, -0.2) is 0 Å². The van der Waals surface area contributed by atoms with Gasteiger partial charge in [-0.2, -0.15) is 11.3 Å². The quantitative estimate of drug-likeness (QED) is 0.712. The second-order valence-corrected chi connectivity index (χ2v) is 5.32. The summed E-state index contributed by atoms with van der Waals surface area (Å²) in [4.78, 5) is 0. The van der Waals surface area contributed by atoms with Crippen LogP contribution in [0.25, 0.3) is 10.1 Å². The van der Waals surface area contributed by atoms with Gasteiger partial charge >= 0.3 is 0 Å². The fraction of sp³-hybridized carbons (Fsp3) is 0.0769. The molecule has 3 rings (SSSR count). The first kappa shape index (κ1) is 9.87. The molecule has 1 aromatic carbocycles. The molecule has 0 aliphatic heterocycles. The largest absolute Gasteiger partial charge is 0.380 e. The van der Waals surface area contributed by atoms with Crippen molar-refractivity contribution in [2.24, 2.45) is 0 Å². The number of benzene rings is 1. The van der Waals surface area contributed by atoms with Crippen LogP contribution >= 0.6 is 22.7 Å². The molecule has 1 nitrogen and oxygen atoms in total. The summed E-state index contributed by atoms with van der Waals surface area (Å²) in [5, 5.41) is 11.3. The van der Waals surface area contributed by atoms with Gasteiger partial charge in [0, 0.05) is 22.0 Å². The van der Waals surface area contributed by atoms with Gasteiger partial charge in [0.25, 0.3) is 0 Å². The highest BCUT2D eigenvalue weighted by Gasteiger charge is 2.02. The minimum absolute atomic E-state index is 0.907. The monoisotopic (exact) mass is 245 g/mol. The molecule has 80 valence electrons. The van der Waals surface area contributed by atoms with Crippen molar-refractivity contribution < 1.29 is 0 Å². The molecule has 0 aliphatic rings. The van der Waals surface area contributed by atoms with Crippen LogP contribution in [0.4, 0.5) is 5.69 Å². The summed E-state index contributed by atoms with van der Waals surface area (Å²) in [7, 11) is 0. The second-order valence-electron chi connectivity index (χ2n) is 3.63. The first-order valence-electron chi connectivity index (χ1n) is 5.15. The fourth-order valence-electron chi connectivity index (χ4n) is 1.71. The molecule has 0 radical (unpaired) electrons. The normalized spacial score (nSPS) is 10.8. The zero-order valence-electron chi connectivity index (χ0n) is 8.64. The molecular formula is C13H11NS2. The summed E-state index contributed by atoms with van der Waals surface area (Å²) in [5.74, 6) is 0. The summed E-state index contributed by atoms with van der Waals surface area (Å²) in [6.45, 7) is 0.907. The van der Waals surface area contributed by atoms with Crippen molar-refractivity contribution in [3.05, 3.63) is 52.0 Å². The summed E-state index contributed by atoms with van der Waals surface area (Å²) in [6.07, 6.45) is 0. The van der Waals surface area contributed by atoms with E-state index in [9.17, 15) is 0 Å². The third kappa shape index (κ3) is 1.84. The summed E-state index contributed by atoms with van der Waals surface area (Å²) < 4.78 is 1.34. The lowest BCUT2D eigenvalue weighted by atomic mass is 10.2. The molecule has 16 heavy (non-hydrogen) atoms. The van der Waals surface area contributed by atoms with Crippen LogP contribution in [0, 0.1) is 0 Å². The Kier molecular flexibility index (Phi) is 2.64. The summed E-state index contributed by atoms with van der Waals surface area (Å²) in [6, 6.07) is 10.7. The third-order valence-corrected chi connectivity index (χ3v) is 4.24. The summed E-state index contributed by atoms with van der Waals surface area (Å²) in [5.41, 5.74) is 2.59. The molecule has 1 N–H and O–H groups in total. The Hall–Kier alpha value is -1.32. The van der Waals surface area contributed by atoms with Crippen LogP contribution in [0.2, 0.25) is 0 Å². The van der Waals surface area contributed by atoms with E-state index in [2.05, 4.69) is 51.8 Å². The minimum atomic E-state index is 0.907. The Balaban J connectivity index is 1.84. The van der Waals surface area contributed by atoms with E-state index in [-0.39, 0.29) is 0 Å². The number of hydrogen-bond donors (Lipinski definition) is 1. The molecule has 0 fully saturated rings. The van der Waals surface area contributed by atoms with Gasteiger partial charge in [0.2, 0.25) is 0 Å². The Morgan fingerprint density at radius 2 is 2.00 bits per heavy atom. The maximum Gasteiger partial charge on any atom is 0.0531 e. The molecule has 0 spiro atoms. The molecule has 0 saturated carbocycles. The van der Waals surface area contributed by atoms with E-state index in [0.717, 1.165) is 6.54 Å². The minimum Gasteiger partial charge on any atom is -0.380 e. The fourth-order valence-corrected chi connectivity index (χ4v) is 3.29. The number of thiophene rings is 2. The van der Waals surface area contributed by atoms with Crippen LogP contribution in [-0.2, 0) is 6.54 Å². The van der Waals surface area contributed by atoms with E-state index < -0.39 is 0 Å². The van der Waals surface area contributed by atoms with Crippen LogP contribution in [0.1, 0.15) is 5.56 Å². The van der Waals surface area contributed by atoms with E-state index >= 15 is 0 Å². The van der Waals surface area contributed by atoms with E-state index in [4.69, 9.17) is 0 Å². The lowest BCUT2D eigenvalue weighted by Crippen LogP contribution is -1.96. The van der Waals surface area contributed by atoms with Gasteiger partial charge in [-0.3, -0.25) is 0 Å². The molecule has 2 aromatic heterocycles. The van der Waals surface area contributed by atoms with Crippen molar-refractivity contribution >= 4 is 38.4 Å². The van der Waals surface area contributed by atoms with Crippen LogP contribution in [0.3, 0.4) is 0 Å². The number of anilines is 1. The standard InChI is InChI=1S/C13H11NS2/c1-2-4-13-11(3-1)12(9-16-13)14-7-10-5-6-15-8-10/h1-6,8-9,14H,7H2. The lowest BCUT2D eigenvalue weighted by Gasteiger charge is -2.02. The Morgan fingerprint density at radius 3 is 2.88 bits per heavy atom. The lowest BCUT2D eigenvalue weighted by molar-refractivity contribution is 1.17. The van der Waals surface area contributed by atoms with Gasteiger partial charge in [0.15, 0.2) is 0 Å². The Labute approximate surface area is 102 Å². The first-order chi connectivity index (χ1) is 7.93. The smallest absolute Gasteiger partial charge is 0.0531 e. The zero-order valence-corrected chi connectivity index (χ0v) is 10.3. The number of fused-ring (bicyclic) bond motifs is 1. The van der Waals surface area contributed by atoms with Crippen molar-refractivity contribution in [1.29, 1.82) is 0 Å². The molecule has 0 bridgehead atoms. The van der Waals surface area contributed by atoms with E-state index in [1.54, 1.807) is 22.7 Å². The van der Waals surface area contributed by atoms with E-state index in [1.807, 2.05) is 0 Å². The maximum atomic E-state index is 3.49. The van der Waals surface area contributed by atoms with Crippen molar-refractivity contribution in [2.75, 3.05) is 5.32 Å². The van der Waals surface area contributed by atoms with Gasteiger partial charge in [0.1, 0.15) is 0 Å². The van der Waals surface area contributed by atoms with E-state index in [1.165, 1.54) is 21.3 Å². The van der Waals surface area contributed by atoms with Crippen molar-refractivity contribution in [3.63, 3.8) is 0 Å². The van der Waals surface area contributed by atoms with Crippen molar-refractivity contribution in [2.45, 2.75) is 6.54 Å². The molecule has 0 amide bonds. The number of hydrogen-bond acceptors (Lipinski definition) is 3. The van der Waals surface area contributed by atoms with Gasteiger partial charge in [-0.15, -0.1) is 11.3 Å². The van der Waals surface area contributed by atoms with Crippen LogP contribution < -0.4 is 5.32 Å². The average Bonchev–Trinajstić information content (AvgIpc) is 2.96. The highest BCUT2D eigenvalue weighted by molar-refractivity contribution is 7.17. The van der Waals surface area contributed by atoms with Crippen molar-refractivity contribution in [1.82, 2.24) is 0 Å². The van der Waals surface area contributed by atoms with Gasteiger partial charge < -0.3 is 5.32 Å². The molecular weight excluding hydrogens is 234 g/mol. The summed E-state index contributed by atoms with van der Waals surface area (Å²) >= 11 is 3.53. The number of nitrogens with one attached hydrogen (secondary N) is 1. The van der Waals surface area contributed by atoms with Crippen LogP contribution in [0.15, 0.2) is 46.5 Å². The predicted molar refractivity (Wildman–Crippen MR) is 73.5 cm³/mol. The molecule has 0 saturated heterocycles. The molecule has 0 aliphatic carbocycles. The maximum absolute atomic E-state index is 3.49. The highest BCUT2D eigenvalue weighted by Crippen LogP contribution is 2.30. The Bertz CT molecular complexity index is 581. The number of rotatable bonds is 3. The Morgan fingerprint density at radius 1 is 1.06 bits per heavy atom. The SMILES string of the molecule is c1ccc2c(NCc3ccsc3)csc2c1. The third-order valence-electron chi connectivity index (χ3n) is 2.54. The second kappa shape index (κ2) is 4.28. The highest BCUT2D eigenvalue weighted by atomic mass is 32.1.